The maximum absolute atomic E-state index is 11.4. The van der Waals surface area contributed by atoms with Crippen molar-refractivity contribution in [3.05, 3.63) is 23.8 Å². The topological polar surface area (TPSA) is 69.7 Å². The molecule has 24 heavy (non-hydrogen) atoms. The Balaban J connectivity index is 2.99. The first kappa shape index (κ1) is 19.7. The summed E-state index contributed by atoms with van der Waals surface area (Å²) in [6.07, 6.45) is 2.07. The molecule has 0 saturated heterocycles. The van der Waals surface area contributed by atoms with Crippen molar-refractivity contribution in [1.82, 2.24) is 5.32 Å². The number of amides is 3. The zero-order valence-electron chi connectivity index (χ0n) is 15.1. The van der Waals surface area contributed by atoms with Crippen molar-refractivity contribution >= 4 is 30.1 Å². The van der Waals surface area contributed by atoms with Gasteiger partial charge in [0.2, 0.25) is 18.7 Å². The number of nitrogens with zero attached hydrogens (tertiary/aromatic N) is 2. The number of rotatable bonds is 9. The average Bonchev–Trinajstić information content (AvgIpc) is 2.57. The number of carbonyl (C=O) groups excluding carboxylic acids is 3. The van der Waals surface area contributed by atoms with Crippen molar-refractivity contribution in [2.75, 3.05) is 23.9 Å². The highest BCUT2D eigenvalue weighted by atomic mass is 16.2. The third-order valence-corrected chi connectivity index (χ3v) is 4.25. The van der Waals surface area contributed by atoms with E-state index in [1.54, 1.807) is 11.9 Å². The van der Waals surface area contributed by atoms with Gasteiger partial charge in [-0.05, 0) is 37.0 Å². The maximum atomic E-state index is 11.4. The second-order valence-electron chi connectivity index (χ2n) is 6.30. The molecular weight excluding hydrogens is 306 g/mol. The van der Waals surface area contributed by atoms with E-state index >= 15 is 0 Å². The normalized spacial score (nSPS) is 11.8. The van der Waals surface area contributed by atoms with Crippen LogP contribution in [0.25, 0.3) is 0 Å². The summed E-state index contributed by atoms with van der Waals surface area (Å²) in [5.74, 6) is 0.0817. The summed E-state index contributed by atoms with van der Waals surface area (Å²) < 4.78 is 0. The minimum Gasteiger partial charge on any atom is -0.370 e. The molecule has 1 N–H and O–H groups in total. The number of benzene rings is 1. The summed E-state index contributed by atoms with van der Waals surface area (Å²) in [6, 6.07) is 6.17. The summed E-state index contributed by atoms with van der Waals surface area (Å²) in [4.78, 5) is 36.6. The summed E-state index contributed by atoms with van der Waals surface area (Å²) in [6.45, 7) is 6.23. The minimum absolute atomic E-state index is 0.0751. The molecule has 0 aliphatic rings. The third-order valence-electron chi connectivity index (χ3n) is 4.25. The zero-order valence-corrected chi connectivity index (χ0v) is 15.1. The monoisotopic (exact) mass is 333 g/mol. The number of hydrogen-bond acceptors (Lipinski definition) is 4. The van der Waals surface area contributed by atoms with E-state index in [1.165, 1.54) is 0 Å². The highest BCUT2D eigenvalue weighted by Gasteiger charge is 2.18. The molecule has 0 bridgehead atoms. The van der Waals surface area contributed by atoms with Gasteiger partial charge >= 0.3 is 0 Å². The molecule has 1 aromatic carbocycles. The number of carbonyl (C=O) groups is 3. The number of hydrogen-bond donors (Lipinski definition) is 1. The fourth-order valence-corrected chi connectivity index (χ4v) is 2.45. The lowest BCUT2D eigenvalue weighted by Crippen LogP contribution is -2.32. The standard InChI is InChI=1S/C18H27N3O3/c1-13(2)15-7-8-16(17(10-15)20(4)12-23)21(5)14(3)6-9-18(24)19-11-22/h7-8,10-14H,6,9H2,1-5H3,(H,19,22,24). The van der Waals surface area contributed by atoms with Gasteiger partial charge in [0.05, 0.1) is 11.4 Å². The van der Waals surface area contributed by atoms with Crippen molar-refractivity contribution in [2.45, 2.75) is 45.6 Å². The quantitative estimate of drug-likeness (QED) is 0.704. The Morgan fingerprint density at radius 2 is 1.83 bits per heavy atom. The molecule has 0 heterocycles. The molecule has 1 unspecified atom stereocenters. The third kappa shape index (κ3) is 5.08. The molecule has 0 saturated carbocycles. The van der Waals surface area contributed by atoms with E-state index in [9.17, 15) is 14.4 Å². The van der Waals surface area contributed by atoms with Crippen molar-refractivity contribution in [3.63, 3.8) is 0 Å². The van der Waals surface area contributed by atoms with Crippen LogP contribution in [0, 0.1) is 0 Å². The molecule has 1 atom stereocenters. The van der Waals surface area contributed by atoms with Gasteiger partial charge in [-0.15, -0.1) is 0 Å². The SMILES string of the molecule is CC(C)c1ccc(N(C)C(C)CCC(=O)NC=O)c(N(C)C=O)c1. The Labute approximate surface area is 143 Å². The van der Waals surface area contributed by atoms with Crippen LogP contribution >= 0.6 is 0 Å². The second kappa shape index (κ2) is 9.05. The molecule has 0 aliphatic heterocycles. The highest BCUT2D eigenvalue weighted by Crippen LogP contribution is 2.32. The molecule has 0 aromatic heterocycles. The van der Waals surface area contributed by atoms with Crippen LogP contribution in [0.1, 0.15) is 45.1 Å². The Bertz CT molecular complexity index is 587. The van der Waals surface area contributed by atoms with Gasteiger partial charge in [-0.1, -0.05) is 19.9 Å². The number of anilines is 2. The average molecular weight is 333 g/mol. The fraction of sp³-hybridized carbons (Fsp3) is 0.500. The molecule has 0 radical (unpaired) electrons. The molecule has 6 nitrogen and oxygen atoms in total. The lowest BCUT2D eigenvalue weighted by atomic mass is 10.0. The van der Waals surface area contributed by atoms with Gasteiger partial charge < -0.3 is 9.80 Å². The van der Waals surface area contributed by atoms with Crippen LogP contribution in [0.4, 0.5) is 11.4 Å². The van der Waals surface area contributed by atoms with E-state index in [0.717, 1.165) is 23.3 Å². The smallest absolute Gasteiger partial charge is 0.226 e. The first-order valence-electron chi connectivity index (χ1n) is 8.09. The van der Waals surface area contributed by atoms with Crippen molar-refractivity contribution in [1.29, 1.82) is 0 Å². The van der Waals surface area contributed by atoms with Crippen LogP contribution < -0.4 is 15.1 Å². The van der Waals surface area contributed by atoms with Crippen LogP contribution in [0.5, 0.6) is 0 Å². The van der Waals surface area contributed by atoms with Gasteiger partial charge in [0, 0.05) is 26.6 Å². The Hall–Kier alpha value is -2.37. The van der Waals surface area contributed by atoms with Gasteiger partial charge in [0.15, 0.2) is 0 Å². The lowest BCUT2D eigenvalue weighted by Gasteiger charge is -2.31. The van der Waals surface area contributed by atoms with E-state index in [-0.39, 0.29) is 18.4 Å². The van der Waals surface area contributed by atoms with E-state index in [0.29, 0.717) is 18.7 Å². The molecular formula is C18H27N3O3. The number of nitrogens with one attached hydrogen (secondary N) is 1. The summed E-state index contributed by atoms with van der Waals surface area (Å²) in [5, 5.41) is 2.15. The zero-order chi connectivity index (χ0) is 18.3. The van der Waals surface area contributed by atoms with Crippen LogP contribution in [0.15, 0.2) is 18.2 Å². The van der Waals surface area contributed by atoms with Crippen LogP contribution in [0.3, 0.4) is 0 Å². The van der Waals surface area contributed by atoms with Crippen molar-refractivity contribution in [3.8, 4) is 0 Å². The largest absolute Gasteiger partial charge is 0.370 e. The molecule has 0 aliphatic carbocycles. The van der Waals surface area contributed by atoms with E-state index < -0.39 is 0 Å². The summed E-state index contributed by atoms with van der Waals surface area (Å²) in [5.41, 5.74) is 2.93. The summed E-state index contributed by atoms with van der Waals surface area (Å²) in [7, 11) is 3.67. The van der Waals surface area contributed by atoms with E-state index in [4.69, 9.17) is 0 Å². The fourth-order valence-electron chi connectivity index (χ4n) is 2.45. The first-order chi connectivity index (χ1) is 11.3. The molecule has 0 fully saturated rings. The molecule has 1 aromatic rings. The molecule has 0 spiro atoms. The second-order valence-corrected chi connectivity index (χ2v) is 6.30. The Morgan fingerprint density at radius 1 is 1.17 bits per heavy atom. The van der Waals surface area contributed by atoms with Crippen LogP contribution in [-0.2, 0) is 14.4 Å². The Morgan fingerprint density at radius 3 is 2.38 bits per heavy atom. The van der Waals surface area contributed by atoms with Gasteiger partial charge in [-0.3, -0.25) is 19.7 Å². The van der Waals surface area contributed by atoms with Gasteiger partial charge in [-0.2, -0.15) is 0 Å². The van der Waals surface area contributed by atoms with E-state index in [2.05, 4.69) is 25.2 Å². The molecule has 3 amide bonds. The van der Waals surface area contributed by atoms with Crippen molar-refractivity contribution < 1.29 is 14.4 Å². The molecule has 1 rings (SSSR count). The Kier molecular flexibility index (Phi) is 7.42. The van der Waals surface area contributed by atoms with Crippen LogP contribution in [-0.4, -0.2) is 38.9 Å². The predicted molar refractivity (Wildman–Crippen MR) is 96.3 cm³/mol. The van der Waals surface area contributed by atoms with Gasteiger partial charge in [0.1, 0.15) is 0 Å². The predicted octanol–water partition coefficient (Wildman–Crippen LogP) is 2.28. The van der Waals surface area contributed by atoms with Crippen molar-refractivity contribution in [2.24, 2.45) is 0 Å². The van der Waals surface area contributed by atoms with Crippen LogP contribution in [0.2, 0.25) is 0 Å². The highest BCUT2D eigenvalue weighted by molar-refractivity contribution is 5.86. The molecule has 132 valence electrons. The summed E-state index contributed by atoms with van der Waals surface area (Å²) >= 11 is 0. The minimum atomic E-state index is -0.286. The van der Waals surface area contributed by atoms with Gasteiger partial charge in [-0.25, -0.2) is 0 Å². The van der Waals surface area contributed by atoms with E-state index in [1.807, 2.05) is 31.0 Å². The number of imide groups is 1. The molecule has 6 heteroatoms. The first-order valence-corrected chi connectivity index (χ1v) is 8.09. The lowest BCUT2D eigenvalue weighted by molar-refractivity contribution is -0.125. The van der Waals surface area contributed by atoms with Gasteiger partial charge in [0.25, 0.3) is 0 Å². The maximum Gasteiger partial charge on any atom is 0.226 e.